The van der Waals surface area contributed by atoms with E-state index in [1.165, 1.54) is 12.8 Å². The van der Waals surface area contributed by atoms with E-state index in [1.807, 2.05) is 18.2 Å². The van der Waals surface area contributed by atoms with Gasteiger partial charge in [0.2, 0.25) is 0 Å². The molecular formula is C14H20Cl2N2. The van der Waals surface area contributed by atoms with Gasteiger partial charge in [-0.05, 0) is 55.6 Å². The lowest BCUT2D eigenvalue weighted by Crippen LogP contribution is -2.39. The number of nitrogens with zero attached hydrogens (tertiary/aromatic N) is 1. The van der Waals surface area contributed by atoms with E-state index >= 15 is 0 Å². The molecule has 0 spiro atoms. The number of benzene rings is 1. The fourth-order valence-corrected chi connectivity index (χ4v) is 3.01. The standard InChI is InChI=1S/C14H20Cl2N2/c1-10-4-6-18(7-5-10)14(9-17)12-8-11(15)2-3-13(12)16/h2-3,8,10,14H,4-7,9,17H2,1H3. The molecule has 1 aliphatic rings. The van der Waals surface area contributed by atoms with E-state index in [-0.39, 0.29) is 6.04 Å². The van der Waals surface area contributed by atoms with Gasteiger partial charge in [0.05, 0.1) is 0 Å². The van der Waals surface area contributed by atoms with Crippen LogP contribution in [0.1, 0.15) is 31.4 Å². The highest BCUT2D eigenvalue weighted by Gasteiger charge is 2.25. The molecule has 0 radical (unpaired) electrons. The number of piperidine rings is 1. The van der Waals surface area contributed by atoms with Gasteiger partial charge in [-0.15, -0.1) is 0 Å². The third kappa shape index (κ3) is 3.18. The summed E-state index contributed by atoms with van der Waals surface area (Å²) < 4.78 is 0. The summed E-state index contributed by atoms with van der Waals surface area (Å²) in [5.41, 5.74) is 7.00. The van der Waals surface area contributed by atoms with E-state index in [4.69, 9.17) is 28.9 Å². The molecular weight excluding hydrogens is 267 g/mol. The third-order valence-corrected chi connectivity index (χ3v) is 4.38. The second-order valence-corrected chi connectivity index (χ2v) is 5.98. The molecule has 0 aromatic heterocycles. The fourth-order valence-electron chi connectivity index (χ4n) is 2.58. The summed E-state index contributed by atoms with van der Waals surface area (Å²) in [6.45, 7) is 5.06. The van der Waals surface area contributed by atoms with Crippen molar-refractivity contribution in [3.8, 4) is 0 Å². The van der Waals surface area contributed by atoms with Gasteiger partial charge in [0.15, 0.2) is 0 Å². The topological polar surface area (TPSA) is 29.3 Å². The molecule has 2 N–H and O–H groups in total. The Hall–Kier alpha value is -0.280. The van der Waals surface area contributed by atoms with Gasteiger partial charge in [-0.1, -0.05) is 30.1 Å². The van der Waals surface area contributed by atoms with Gasteiger partial charge < -0.3 is 5.73 Å². The molecule has 18 heavy (non-hydrogen) atoms. The van der Waals surface area contributed by atoms with Crippen LogP contribution in [0.2, 0.25) is 10.0 Å². The molecule has 1 aromatic rings. The molecule has 1 aromatic carbocycles. The summed E-state index contributed by atoms with van der Waals surface area (Å²) in [4.78, 5) is 2.43. The largest absolute Gasteiger partial charge is 0.329 e. The highest BCUT2D eigenvalue weighted by atomic mass is 35.5. The monoisotopic (exact) mass is 286 g/mol. The number of hydrogen-bond acceptors (Lipinski definition) is 2. The number of halogens is 2. The minimum Gasteiger partial charge on any atom is -0.329 e. The van der Waals surface area contributed by atoms with Crippen LogP contribution in [0.5, 0.6) is 0 Å². The van der Waals surface area contributed by atoms with Crippen LogP contribution in [0.15, 0.2) is 18.2 Å². The minimum atomic E-state index is 0.184. The van der Waals surface area contributed by atoms with Crippen molar-refractivity contribution in [2.45, 2.75) is 25.8 Å². The molecule has 1 aliphatic heterocycles. The van der Waals surface area contributed by atoms with Gasteiger partial charge in [-0.25, -0.2) is 0 Å². The van der Waals surface area contributed by atoms with Crippen molar-refractivity contribution in [1.29, 1.82) is 0 Å². The van der Waals surface area contributed by atoms with Crippen LogP contribution in [0.4, 0.5) is 0 Å². The first-order valence-electron chi connectivity index (χ1n) is 6.51. The summed E-state index contributed by atoms with van der Waals surface area (Å²) in [5, 5.41) is 1.48. The Balaban J connectivity index is 2.19. The zero-order valence-electron chi connectivity index (χ0n) is 10.7. The number of rotatable bonds is 3. The normalized spacial score (nSPS) is 20.0. The lowest BCUT2D eigenvalue weighted by molar-refractivity contribution is 0.141. The molecule has 100 valence electrons. The Morgan fingerprint density at radius 3 is 2.61 bits per heavy atom. The van der Waals surface area contributed by atoms with Crippen molar-refractivity contribution >= 4 is 23.2 Å². The molecule has 1 unspecified atom stereocenters. The van der Waals surface area contributed by atoms with Crippen LogP contribution in [0.3, 0.4) is 0 Å². The van der Waals surface area contributed by atoms with Crippen LogP contribution in [-0.2, 0) is 0 Å². The highest BCUT2D eigenvalue weighted by molar-refractivity contribution is 6.33. The van der Waals surface area contributed by atoms with Crippen molar-refractivity contribution < 1.29 is 0 Å². The van der Waals surface area contributed by atoms with Crippen molar-refractivity contribution in [1.82, 2.24) is 4.90 Å². The molecule has 2 nitrogen and oxygen atoms in total. The van der Waals surface area contributed by atoms with Gasteiger partial charge in [0.1, 0.15) is 0 Å². The summed E-state index contributed by atoms with van der Waals surface area (Å²) in [6.07, 6.45) is 2.46. The molecule has 1 fully saturated rings. The molecule has 0 saturated carbocycles. The van der Waals surface area contributed by atoms with E-state index in [1.54, 1.807) is 0 Å². The Morgan fingerprint density at radius 2 is 2.00 bits per heavy atom. The van der Waals surface area contributed by atoms with E-state index in [2.05, 4.69) is 11.8 Å². The number of nitrogens with two attached hydrogens (primary N) is 1. The molecule has 1 heterocycles. The average Bonchev–Trinajstić information content (AvgIpc) is 2.37. The SMILES string of the molecule is CC1CCN(C(CN)c2cc(Cl)ccc2Cl)CC1. The molecule has 0 bridgehead atoms. The fraction of sp³-hybridized carbons (Fsp3) is 0.571. The first-order chi connectivity index (χ1) is 8.61. The number of hydrogen-bond donors (Lipinski definition) is 1. The van der Waals surface area contributed by atoms with Gasteiger partial charge in [-0.2, -0.15) is 0 Å². The van der Waals surface area contributed by atoms with Gasteiger partial charge in [0.25, 0.3) is 0 Å². The Kier molecular flexibility index (Phi) is 4.91. The third-order valence-electron chi connectivity index (χ3n) is 3.80. The van der Waals surface area contributed by atoms with Crippen LogP contribution < -0.4 is 5.73 Å². The predicted molar refractivity (Wildman–Crippen MR) is 78.2 cm³/mol. The highest BCUT2D eigenvalue weighted by Crippen LogP contribution is 2.32. The van der Waals surface area contributed by atoms with Crippen LogP contribution in [-0.4, -0.2) is 24.5 Å². The van der Waals surface area contributed by atoms with E-state index < -0.39 is 0 Å². The number of likely N-dealkylation sites (tertiary alicyclic amines) is 1. The van der Waals surface area contributed by atoms with Crippen molar-refractivity contribution in [2.24, 2.45) is 11.7 Å². The van der Waals surface area contributed by atoms with Gasteiger partial charge in [-0.3, -0.25) is 4.90 Å². The molecule has 1 saturated heterocycles. The molecule has 4 heteroatoms. The summed E-state index contributed by atoms with van der Waals surface area (Å²) >= 11 is 12.3. The first-order valence-corrected chi connectivity index (χ1v) is 7.26. The van der Waals surface area contributed by atoms with Crippen LogP contribution in [0, 0.1) is 5.92 Å². The lowest BCUT2D eigenvalue weighted by atomic mass is 9.96. The van der Waals surface area contributed by atoms with Crippen LogP contribution >= 0.6 is 23.2 Å². The lowest BCUT2D eigenvalue weighted by Gasteiger charge is -2.36. The zero-order chi connectivity index (χ0) is 13.1. The Morgan fingerprint density at radius 1 is 1.33 bits per heavy atom. The maximum Gasteiger partial charge on any atom is 0.0485 e. The second-order valence-electron chi connectivity index (χ2n) is 5.14. The van der Waals surface area contributed by atoms with Crippen molar-refractivity contribution in [3.63, 3.8) is 0 Å². The quantitative estimate of drug-likeness (QED) is 0.918. The first kappa shape index (κ1) is 14.1. The minimum absolute atomic E-state index is 0.184. The Bertz CT molecular complexity index is 401. The van der Waals surface area contributed by atoms with Gasteiger partial charge >= 0.3 is 0 Å². The molecule has 2 rings (SSSR count). The summed E-state index contributed by atoms with van der Waals surface area (Å²) in [5.74, 6) is 0.814. The van der Waals surface area contributed by atoms with Gasteiger partial charge in [0, 0.05) is 22.6 Å². The maximum absolute atomic E-state index is 6.28. The molecule has 1 atom stereocenters. The predicted octanol–water partition coefficient (Wildman–Crippen LogP) is 3.73. The smallest absolute Gasteiger partial charge is 0.0485 e. The van der Waals surface area contributed by atoms with Crippen molar-refractivity contribution in [3.05, 3.63) is 33.8 Å². The van der Waals surface area contributed by atoms with E-state index in [9.17, 15) is 0 Å². The zero-order valence-corrected chi connectivity index (χ0v) is 12.2. The second kappa shape index (κ2) is 6.25. The van der Waals surface area contributed by atoms with E-state index in [0.29, 0.717) is 6.54 Å². The molecule has 0 aliphatic carbocycles. The summed E-state index contributed by atoms with van der Waals surface area (Å²) in [6, 6.07) is 5.80. The van der Waals surface area contributed by atoms with E-state index in [0.717, 1.165) is 34.6 Å². The molecule has 0 amide bonds. The maximum atomic E-state index is 6.28. The van der Waals surface area contributed by atoms with Crippen LogP contribution in [0.25, 0.3) is 0 Å². The summed E-state index contributed by atoms with van der Waals surface area (Å²) in [7, 11) is 0. The Labute approximate surface area is 119 Å². The average molecular weight is 287 g/mol. The van der Waals surface area contributed by atoms with Crippen molar-refractivity contribution in [2.75, 3.05) is 19.6 Å².